The van der Waals surface area contributed by atoms with E-state index in [4.69, 9.17) is 0 Å². The molecule has 3 amide bonds. The van der Waals surface area contributed by atoms with Crippen LogP contribution in [0.4, 0.5) is 31.0 Å². The van der Waals surface area contributed by atoms with Gasteiger partial charge in [0.2, 0.25) is 0 Å². The van der Waals surface area contributed by atoms with Crippen molar-refractivity contribution in [3.8, 4) is 0 Å². The zero-order chi connectivity index (χ0) is 23.8. The van der Waals surface area contributed by atoms with Crippen LogP contribution < -0.4 is 15.1 Å². The highest BCUT2D eigenvalue weighted by Gasteiger charge is 2.44. The van der Waals surface area contributed by atoms with Gasteiger partial charge in [-0.25, -0.2) is 14.0 Å². The van der Waals surface area contributed by atoms with Crippen molar-refractivity contribution < 1.29 is 19.1 Å². The van der Waals surface area contributed by atoms with Gasteiger partial charge in [-0.3, -0.25) is 4.90 Å². The predicted octanol–water partition coefficient (Wildman–Crippen LogP) is 4.91. The van der Waals surface area contributed by atoms with Gasteiger partial charge in [-0.2, -0.15) is 0 Å². The Bertz CT molecular complexity index is 1020. The van der Waals surface area contributed by atoms with Gasteiger partial charge in [0.25, 0.3) is 0 Å². The molecule has 2 aliphatic rings. The second kappa shape index (κ2) is 8.92. The number of para-hydroxylation sites is 2. The van der Waals surface area contributed by atoms with Gasteiger partial charge in [0.15, 0.2) is 0 Å². The number of anilines is 3. The number of carboxylic acid groups (broad SMARTS) is 1. The monoisotopic (exact) mass is 454 g/mol. The normalized spacial score (nSPS) is 20.5. The summed E-state index contributed by atoms with van der Waals surface area (Å²) in [7, 11) is 0. The van der Waals surface area contributed by atoms with Gasteiger partial charge < -0.3 is 20.2 Å². The lowest BCUT2D eigenvalue weighted by Gasteiger charge is -2.39. The Morgan fingerprint density at radius 1 is 1.03 bits per heavy atom. The fourth-order valence-electron chi connectivity index (χ4n) is 5.23. The molecule has 1 fully saturated rings. The maximum atomic E-state index is 13.4. The molecule has 0 aromatic heterocycles. The van der Waals surface area contributed by atoms with Crippen molar-refractivity contribution in [2.75, 3.05) is 36.0 Å². The van der Waals surface area contributed by atoms with Crippen LogP contribution in [0.25, 0.3) is 0 Å². The Balaban J connectivity index is 1.49. The quantitative estimate of drug-likeness (QED) is 0.691. The number of likely N-dealkylation sites (tertiary alicyclic amines) is 1. The van der Waals surface area contributed by atoms with Crippen molar-refractivity contribution in [1.82, 2.24) is 10.2 Å². The Morgan fingerprint density at radius 3 is 2.33 bits per heavy atom. The topological polar surface area (TPSA) is 76.1 Å². The number of nitrogens with one attached hydrogen (secondary N) is 1. The summed E-state index contributed by atoms with van der Waals surface area (Å²) in [6, 6.07) is 13.7. The van der Waals surface area contributed by atoms with Crippen LogP contribution in [-0.2, 0) is 0 Å². The van der Waals surface area contributed by atoms with Gasteiger partial charge in [0.1, 0.15) is 5.82 Å². The molecule has 0 spiro atoms. The molecule has 176 valence electrons. The Labute approximate surface area is 193 Å². The van der Waals surface area contributed by atoms with Crippen molar-refractivity contribution in [2.45, 2.75) is 33.2 Å². The number of amides is 3. The number of nitrogens with zero attached hydrogens (tertiary/aromatic N) is 3. The standard InChI is InChI=1S/C25H31FN4O3/c1-25(2,3)22-17(12-13-30(22)24(32)33)16-27-23(31)29-15-14-28(19-10-8-18(26)9-11-19)20-6-4-5-7-21(20)29/h4-11,17,22H,12-16H2,1-3H3,(H,27,31)(H,32,33). The van der Waals surface area contributed by atoms with Crippen LogP contribution in [0.1, 0.15) is 27.2 Å². The highest BCUT2D eigenvalue weighted by atomic mass is 19.1. The molecule has 7 nitrogen and oxygen atoms in total. The summed E-state index contributed by atoms with van der Waals surface area (Å²) in [5.74, 6) is -0.229. The number of rotatable bonds is 3. The van der Waals surface area contributed by atoms with Crippen molar-refractivity contribution in [3.05, 3.63) is 54.3 Å². The Kier molecular flexibility index (Phi) is 6.19. The third-order valence-electron chi connectivity index (χ3n) is 6.57. The molecule has 0 saturated carbocycles. The first-order valence-corrected chi connectivity index (χ1v) is 11.3. The Morgan fingerprint density at radius 2 is 1.70 bits per heavy atom. The second-order valence-electron chi connectivity index (χ2n) is 9.79. The minimum atomic E-state index is -0.908. The molecule has 33 heavy (non-hydrogen) atoms. The maximum Gasteiger partial charge on any atom is 0.407 e. The van der Waals surface area contributed by atoms with Gasteiger partial charge in [0.05, 0.1) is 11.4 Å². The molecule has 4 rings (SSSR count). The molecule has 2 unspecified atom stereocenters. The lowest BCUT2D eigenvalue weighted by atomic mass is 9.79. The summed E-state index contributed by atoms with van der Waals surface area (Å²) in [6.45, 7) is 8.09. The smallest absolute Gasteiger partial charge is 0.407 e. The zero-order valence-corrected chi connectivity index (χ0v) is 19.3. The number of benzene rings is 2. The van der Waals surface area contributed by atoms with E-state index in [2.05, 4.69) is 10.2 Å². The number of carbonyl (C=O) groups excluding carboxylic acids is 1. The summed E-state index contributed by atoms with van der Waals surface area (Å²) in [6.07, 6.45) is -0.182. The summed E-state index contributed by atoms with van der Waals surface area (Å²) in [4.78, 5) is 30.2. The van der Waals surface area contributed by atoms with Crippen LogP contribution in [0.3, 0.4) is 0 Å². The van der Waals surface area contributed by atoms with E-state index in [0.717, 1.165) is 23.5 Å². The van der Waals surface area contributed by atoms with Gasteiger partial charge in [-0.15, -0.1) is 0 Å². The first kappa shape index (κ1) is 22.9. The lowest BCUT2D eigenvalue weighted by Crippen LogP contribution is -2.51. The molecule has 0 bridgehead atoms. The molecule has 2 heterocycles. The average molecular weight is 455 g/mol. The van der Waals surface area contributed by atoms with E-state index in [1.165, 1.54) is 17.0 Å². The van der Waals surface area contributed by atoms with E-state index in [9.17, 15) is 19.1 Å². The van der Waals surface area contributed by atoms with Gasteiger partial charge in [-0.1, -0.05) is 32.9 Å². The summed E-state index contributed by atoms with van der Waals surface area (Å²) >= 11 is 0. The molecular formula is C25H31FN4O3. The van der Waals surface area contributed by atoms with E-state index < -0.39 is 6.09 Å². The van der Waals surface area contributed by atoms with E-state index in [1.54, 1.807) is 17.0 Å². The molecule has 2 N–H and O–H groups in total. The molecule has 0 aliphatic carbocycles. The highest BCUT2D eigenvalue weighted by molar-refractivity contribution is 5.97. The molecule has 0 radical (unpaired) electrons. The molecule has 2 aromatic rings. The third-order valence-corrected chi connectivity index (χ3v) is 6.57. The van der Waals surface area contributed by atoms with Gasteiger partial charge >= 0.3 is 12.1 Å². The molecular weight excluding hydrogens is 423 g/mol. The third kappa shape index (κ3) is 4.60. The fraction of sp³-hybridized carbons (Fsp3) is 0.440. The van der Waals surface area contributed by atoms with Crippen LogP contribution in [0.2, 0.25) is 0 Å². The van der Waals surface area contributed by atoms with E-state index in [-0.39, 0.29) is 29.2 Å². The number of carbonyl (C=O) groups is 2. The van der Waals surface area contributed by atoms with Gasteiger partial charge in [-0.05, 0) is 54.2 Å². The van der Waals surface area contributed by atoms with Crippen molar-refractivity contribution in [1.29, 1.82) is 0 Å². The van der Waals surface area contributed by atoms with Crippen molar-refractivity contribution in [2.24, 2.45) is 11.3 Å². The Hall–Kier alpha value is -3.29. The molecule has 1 saturated heterocycles. The molecule has 8 heteroatoms. The summed E-state index contributed by atoms with van der Waals surface area (Å²) in [5.41, 5.74) is 2.32. The predicted molar refractivity (Wildman–Crippen MR) is 127 cm³/mol. The zero-order valence-electron chi connectivity index (χ0n) is 19.3. The van der Waals surface area contributed by atoms with E-state index >= 15 is 0 Å². The molecule has 2 atom stereocenters. The van der Waals surface area contributed by atoms with Crippen LogP contribution >= 0.6 is 0 Å². The highest BCUT2D eigenvalue weighted by Crippen LogP contribution is 2.39. The number of halogens is 1. The van der Waals surface area contributed by atoms with Crippen LogP contribution in [0.15, 0.2) is 48.5 Å². The number of hydrogen-bond acceptors (Lipinski definition) is 3. The number of fused-ring (bicyclic) bond motifs is 1. The van der Waals surface area contributed by atoms with Crippen molar-refractivity contribution in [3.63, 3.8) is 0 Å². The fourth-order valence-corrected chi connectivity index (χ4v) is 5.23. The van der Waals surface area contributed by atoms with Crippen LogP contribution in [0, 0.1) is 17.2 Å². The summed E-state index contributed by atoms with van der Waals surface area (Å²) < 4.78 is 13.4. The summed E-state index contributed by atoms with van der Waals surface area (Å²) in [5, 5.41) is 12.7. The SMILES string of the molecule is CC(C)(C)C1C(CNC(=O)N2CCN(c3ccc(F)cc3)c3ccccc32)CCN1C(=O)O. The minimum Gasteiger partial charge on any atom is -0.465 e. The first-order chi connectivity index (χ1) is 15.7. The number of hydrogen-bond donors (Lipinski definition) is 2. The largest absolute Gasteiger partial charge is 0.465 e. The van der Waals surface area contributed by atoms with Crippen molar-refractivity contribution >= 4 is 29.2 Å². The molecule has 2 aromatic carbocycles. The number of urea groups is 1. The molecule has 2 aliphatic heterocycles. The maximum absolute atomic E-state index is 13.4. The first-order valence-electron chi connectivity index (χ1n) is 11.3. The van der Waals surface area contributed by atoms with Crippen LogP contribution in [0.5, 0.6) is 0 Å². The lowest BCUT2D eigenvalue weighted by molar-refractivity contribution is 0.0913. The minimum absolute atomic E-state index is 0.0563. The van der Waals surface area contributed by atoms with E-state index in [0.29, 0.717) is 26.2 Å². The second-order valence-corrected chi connectivity index (χ2v) is 9.79. The van der Waals surface area contributed by atoms with Crippen LogP contribution in [-0.4, -0.2) is 54.4 Å². The van der Waals surface area contributed by atoms with E-state index in [1.807, 2.05) is 45.0 Å². The average Bonchev–Trinajstić information content (AvgIpc) is 3.22. The van der Waals surface area contributed by atoms with Gasteiger partial charge in [0, 0.05) is 37.9 Å².